The average molecular weight is 643 g/mol. The molecule has 0 aromatic heterocycles. The Kier molecular flexibility index (Phi) is 7.30. The lowest BCUT2D eigenvalue weighted by Gasteiger charge is -2.37. The van der Waals surface area contributed by atoms with Crippen LogP contribution in [0.2, 0.25) is 10.0 Å². The summed E-state index contributed by atoms with van der Waals surface area (Å²) in [6.07, 6.45) is -6.02. The number of esters is 1. The summed E-state index contributed by atoms with van der Waals surface area (Å²) in [7, 11) is 0. The standard InChI is InChI=1S/C32H19Cl2F3O7/c33-23-13-21-25(11-17(23)12-29(39)40)43-26-15-27(42-18-8-5-16(6-9-18)7-10-28(38)32(35,36)37)24(34)14-22(26)31(21)20-4-2-1-3-19(20)30(41)44-31/h1-6,8-9,11,13-15H,7,10,12H2,(H,39,40). The maximum absolute atomic E-state index is 13.1. The van der Waals surface area contributed by atoms with E-state index in [2.05, 4.69) is 0 Å². The Balaban J connectivity index is 1.38. The number of carbonyl (C=O) groups is 3. The molecule has 2 aliphatic rings. The van der Waals surface area contributed by atoms with Crippen molar-refractivity contribution in [2.45, 2.75) is 31.0 Å². The number of ketones is 1. The van der Waals surface area contributed by atoms with Crippen LogP contribution < -0.4 is 9.47 Å². The molecule has 1 unspecified atom stereocenters. The molecular weight excluding hydrogens is 624 g/mol. The third-order valence-corrected chi connectivity index (χ3v) is 8.03. The molecular formula is C32H19Cl2F3O7. The van der Waals surface area contributed by atoms with Crippen molar-refractivity contribution in [1.29, 1.82) is 0 Å². The molecule has 0 fully saturated rings. The van der Waals surface area contributed by atoms with Crippen LogP contribution in [-0.2, 0) is 32.8 Å². The van der Waals surface area contributed by atoms with Crippen molar-refractivity contribution in [1.82, 2.24) is 0 Å². The largest absolute Gasteiger partial charge is 0.481 e. The lowest BCUT2D eigenvalue weighted by atomic mass is 9.77. The van der Waals surface area contributed by atoms with E-state index in [1.807, 2.05) is 0 Å². The zero-order valence-electron chi connectivity index (χ0n) is 22.3. The fraction of sp³-hybridized carbons (Fsp3) is 0.156. The predicted octanol–water partition coefficient (Wildman–Crippen LogP) is 8.04. The third kappa shape index (κ3) is 5.14. The molecule has 0 bridgehead atoms. The summed E-state index contributed by atoms with van der Waals surface area (Å²) in [5, 5.41) is 9.65. The summed E-state index contributed by atoms with van der Waals surface area (Å²) >= 11 is 13.2. The summed E-state index contributed by atoms with van der Waals surface area (Å²) in [5.41, 5.74) is 0.883. The van der Waals surface area contributed by atoms with E-state index in [0.29, 0.717) is 33.6 Å². The van der Waals surface area contributed by atoms with Crippen LogP contribution in [-0.4, -0.2) is 29.0 Å². The Morgan fingerprint density at radius 2 is 1.55 bits per heavy atom. The first-order chi connectivity index (χ1) is 20.9. The maximum Gasteiger partial charge on any atom is 0.449 e. The van der Waals surface area contributed by atoms with Gasteiger partial charge in [0.05, 0.1) is 17.0 Å². The second kappa shape index (κ2) is 10.9. The second-order valence-electron chi connectivity index (χ2n) is 10.2. The molecule has 6 rings (SSSR count). The number of hydrogen-bond donors (Lipinski definition) is 1. The molecule has 0 radical (unpaired) electrons. The molecule has 0 saturated heterocycles. The normalized spacial score (nSPS) is 16.4. The monoisotopic (exact) mass is 642 g/mol. The zero-order chi connectivity index (χ0) is 31.4. The van der Waals surface area contributed by atoms with Crippen molar-refractivity contribution >= 4 is 40.9 Å². The van der Waals surface area contributed by atoms with Gasteiger partial charge in [-0.1, -0.05) is 53.5 Å². The molecule has 2 aliphatic heterocycles. The van der Waals surface area contributed by atoms with Crippen molar-refractivity contribution in [3.63, 3.8) is 0 Å². The van der Waals surface area contributed by atoms with E-state index in [9.17, 15) is 32.7 Å². The Morgan fingerprint density at radius 3 is 2.23 bits per heavy atom. The Labute approximate surface area is 257 Å². The van der Waals surface area contributed by atoms with E-state index in [4.69, 9.17) is 37.4 Å². The molecule has 0 saturated carbocycles. The third-order valence-electron chi connectivity index (χ3n) is 7.38. The van der Waals surface area contributed by atoms with Crippen molar-refractivity contribution in [2.75, 3.05) is 0 Å². The molecule has 2 heterocycles. The van der Waals surface area contributed by atoms with Crippen LogP contribution in [0.5, 0.6) is 23.0 Å². The predicted molar refractivity (Wildman–Crippen MR) is 152 cm³/mol. The van der Waals surface area contributed by atoms with Crippen LogP contribution in [0.15, 0.2) is 72.8 Å². The van der Waals surface area contributed by atoms with Crippen LogP contribution in [0.3, 0.4) is 0 Å². The number of hydrogen-bond acceptors (Lipinski definition) is 6. The van der Waals surface area contributed by atoms with E-state index in [-0.39, 0.29) is 45.7 Å². The van der Waals surface area contributed by atoms with Gasteiger partial charge in [-0.05, 0) is 53.9 Å². The van der Waals surface area contributed by atoms with Crippen molar-refractivity contribution in [2.24, 2.45) is 0 Å². The van der Waals surface area contributed by atoms with E-state index in [1.54, 1.807) is 30.3 Å². The molecule has 1 N–H and O–H groups in total. The van der Waals surface area contributed by atoms with Crippen LogP contribution in [0.1, 0.15) is 44.6 Å². The van der Waals surface area contributed by atoms with Crippen LogP contribution >= 0.6 is 23.2 Å². The topological polar surface area (TPSA) is 99.1 Å². The van der Waals surface area contributed by atoms with Gasteiger partial charge in [0.15, 0.2) is 5.60 Å². The lowest BCUT2D eigenvalue weighted by molar-refractivity contribution is -0.171. The first-order valence-electron chi connectivity index (χ1n) is 13.1. The van der Waals surface area contributed by atoms with Gasteiger partial charge >= 0.3 is 18.1 Å². The minimum absolute atomic E-state index is 0.0956. The van der Waals surface area contributed by atoms with Gasteiger partial charge in [-0.2, -0.15) is 13.2 Å². The summed E-state index contributed by atoms with van der Waals surface area (Å²) in [6, 6.07) is 19.0. The Morgan fingerprint density at radius 1 is 0.886 bits per heavy atom. The van der Waals surface area contributed by atoms with Crippen LogP contribution in [0, 0.1) is 0 Å². The number of carboxylic acid groups (broad SMARTS) is 1. The number of carboxylic acids is 1. The van der Waals surface area contributed by atoms with Crippen LogP contribution in [0.4, 0.5) is 13.2 Å². The number of Topliss-reactive ketones (excluding diaryl/α,β-unsaturated/α-hetero) is 1. The number of aryl methyl sites for hydroxylation is 1. The van der Waals surface area contributed by atoms with Crippen molar-refractivity contribution < 1.29 is 46.9 Å². The average Bonchev–Trinajstić information content (AvgIpc) is 3.26. The van der Waals surface area contributed by atoms with Crippen molar-refractivity contribution in [3.05, 3.63) is 116 Å². The summed E-state index contributed by atoms with van der Waals surface area (Å²) < 4.78 is 55.9. The van der Waals surface area contributed by atoms with Gasteiger partial charge in [-0.15, -0.1) is 0 Å². The quantitative estimate of drug-likeness (QED) is 0.204. The molecule has 224 valence electrons. The minimum Gasteiger partial charge on any atom is -0.481 e. The number of fused-ring (bicyclic) bond motifs is 6. The van der Waals surface area contributed by atoms with E-state index < -0.39 is 35.9 Å². The number of ether oxygens (including phenoxy) is 3. The Hall–Kier alpha value is -4.54. The fourth-order valence-corrected chi connectivity index (χ4v) is 5.79. The number of aliphatic carboxylic acids is 1. The van der Waals surface area contributed by atoms with Crippen LogP contribution in [0.25, 0.3) is 0 Å². The van der Waals surface area contributed by atoms with Gasteiger partial charge in [0.1, 0.15) is 23.0 Å². The summed E-state index contributed by atoms with van der Waals surface area (Å²) in [5.74, 6) is -2.60. The van der Waals surface area contributed by atoms with Gasteiger partial charge in [0.25, 0.3) is 0 Å². The van der Waals surface area contributed by atoms with Gasteiger partial charge < -0.3 is 19.3 Å². The molecule has 12 heteroatoms. The molecule has 0 amide bonds. The van der Waals surface area contributed by atoms with E-state index >= 15 is 0 Å². The van der Waals surface area contributed by atoms with Gasteiger partial charge in [-0.25, -0.2) is 4.79 Å². The smallest absolute Gasteiger partial charge is 0.449 e. The first kappa shape index (κ1) is 29.5. The number of carbonyl (C=O) groups excluding carboxylic acids is 2. The summed E-state index contributed by atoms with van der Waals surface area (Å²) in [4.78, 5) is 35.8. The number of halogens is 5. The molecule has 1 spiro atoms. The zero-order valence-corrected chi connectivity index (χ0v) is 23.8. The first-order valence-corrected chi connectivity index (χ1v) is 13.9. The SMILES string of the molecule is O=C(O)Cc1cc2c(cc1Cl)C1(OC(=O)c3ccccc31)c1cc(Cl)c(Oc3ccc(CCC(=O)C(F)(F)F)cc3)cc1O2. The van der Waals surface area contributed by atoms with Gasteiger partial charge in [0, 0.05) is 34.2 Å². The number of alkyl halides is 3. The molecule has 7 nitrogen and oxygen atoms in total. The highest BCUT2D eigenvalue weighted by Crippen LogP contribution is 2.58. The number of benzene rings is 4. The molecule has 1 atom stereocenters. The molecule has 44 heavy (non-hydrogen) atoms. The fourth-order valence-electron chi connectivity index (χ4n) is 5.36. The Bertz CT molecular complexity index is 1850. The highest BCUT2D eigenvalue weighted by Gasteiger charge is 2.54. The molecule has 4 aromatic carbocycles. The van der Waals surface area contributed by atoms with Gasteiger partial charge in [-0.3, -0.25) is 9.59 Å². The molecule has 4 aromatic rings. The minimum atomic E-state index is -4.88. The lowest BCUT2D eigenvalue weighted by Crippen LogP contribution is -2.33. The van der Waals surface area contributed by atoms with Crippen molar-refractivity contribution in [3.8, 4) is 23.0 Å². The van der Waals surface area contributed by atoms with E-state index in [1.165, 1.54) is 42.5 Å². The highest BCUT2D eigenvalue weighted by atomic mass is 35.5. The summed E-state index contributed by atoms with van der Waals surface area (Å²) in [6.45, 7) is 0. The molecule has 0 aliphatic carbocycles. The number of rotatable bonds is 7. The van der Waals surface area contributed by atoms with E-state index in [0.717, 1.165) is 0 Å². The maximum atomic E-state index is 13.1. The highest BCUT2D eigenvalue weighted by molar-refractivity contribution is 6.32. The van der Waals surface area contributed by atoms with Gasteiger partial charge in [0.2, 0.25) is 5.78 Å². The second-order valence-corrected chi connectivity index (χ2v) is 11.0.